The summed E-state index contributed by atoms with van der Waals surface area (Å²) in [5.74, 6) is 0.761. The summed E-state index contributed by atoms with van der Waals surface area (Å²) in [6.07, 6.45) is 9.00. The molecule has 0 saturated carbocycles. The van der Waals surface area contributed by atoms with E-state index < -0.39 is 0 Å². The summed E-state index contributed by atoms with van der Waals surface area (Å²) in [5.41, 5.74) is 5.24. The Bertz CT molecular complexity index is 766. The van der Waals surface area contributed by atoms with Crippen molar-refractivity contribution in [1.82, 2.24) is 9.97 Å². The molecule has 0 bridgehead atoms. The van der Waals surface area contributed by atoms with E-state index in [9.17, 15) is 0 Å². The Morgan fingerprint density at radius 2 is 1.91 bits per heavy atom. The second-order valence-electron chi connectivity index (χ2n) is 6.21. The summed E-state index contributed by atoms with van der Waals surface area (Å²) in [5, 5.41) is 1.20. The molecule has 1 aliphatic carbocycles. The van der Waals surface area contributed by atoms with Gasteiger partial charge in [-0.1, -0.05) is 24.3 Å². The van der Waals surface area contributed by atoms with Gasteiger partial charge in [0.15, 0.2) is 0 Å². The Hall–Kier alpha value is -2.42. The van der Waals surface area contributed by atoms with Crippen LogP contribution in [0.25, 0.3) is 10.9 Å². The fourth-order valence-corrected chi connectivity index (χ4v) is 3.57. The number of aliphatic imine (C=N–C) groups is 1. The molecule has 0 spiro atoms. The monoisotopic (exact) mass is 303 g/mol. The molecule has 1 aliphatic heterocycles. The van der Waals surface area contributed by atoms with Gasteiger partial charge in [0.1, 0.15) is 0 Å². The number of pyridine rings is 1. The van der Waals surface area contributed by atoms with Gasteiger partial charge in [0.2, 0.25) is 0 Å². The number of H-pyrrole nitrogens is 1. The molecule has 3 heteroatoms. The average Bonchev–Trinajstić information content (AvgIpc) is 3.12. The van der Waals surface area contributed by atoms with E-state index in [0.717, 1.165) is 18.0 Å². The van der Waals surface area contributed by atoms with Gasteiger partial charge in [0.05, 0.1) is 5.52 Å². The number of rotatable bonds is 0. The van der Waals surface area contributed by atoms with Crippen molar-refractivity contribution in [3.8, 4) is 0 Å². The van der Waals surface area contributed by atoms with E-state index in [1.165, 1.54) is 48.0 Å². The number of para-hydroxylation sites is 1. The van der Waals surface area contributed by atoms with E-state index in [-0.39, 0.29) is 0 Å². The molecule has 0 fully saturated rings. The van der Waals surface area contributed by atoms with Crippen LogP contribution in [0.1, 0.15) is 30.5 Å². The molecule has 1 N–H and O–H groups in total. The summed E-state index contributed by atoms with van der Waals surface area (Å²) >= 11 is 0. The van der Waals surface area contributed by atoms with Crippen LogP contribution in [0, 0.1) is 5.92 Å². The molecule has 2 aliphatic rings. The zero-order valence-corrected chi connectivity index (χ0v) is 13.2. The molecule has 3 heterocycles. The van der Waals surface area contributed by atoms with Crippen LogP contribution in [0.3, 0.4) is 0 Å². The number of aromatic amines is 1. The number of hydrogen-bond donors (Lipinski definition) is 1. The summed E-state index contributed by atoms with van der Waals surface area (Å²) in [4.78, 5) is 12.2. The highest BCUT2D eigenvalue weighted by atomic mass is 14.8. The zero-order valence-electron chi connectivity index (χ0n) is 13.2. The molecule has 23 heavy (non-hydrogen) atoms. The van der Waals surface area contributed by atoms with Gasteiger partial charge in [-0.2, -0.15) is 0 Å². The molecular formula is C20H21N3. The van der Waals surface area contributed by atoms with Crippen LogP contribution < -0.4 is 0 Å². The molecule has 3 aromatic rings. The van der Waals surface area contributed by atoms with Crippen molar-refractivity contribution in [2.75, 3.05) is 6.54 Å². The highest BCUT2D eigenvalue weighted by Crippen LogP contribution is 2.30. The number of aromatic nitrogens is 2. The van der Waals surface area contributed by atoms with Gasteiger partial charge in [0.25, 0.3) is 0 Å². The minimum Gasteiger partial charge on any atom is -0.364 e. The Labute approximate surface area is 136 Å². The molecule has 0 amide bonds. The normalized spacial score (nSPS) is 19.1. The van der Waals surface area contributed by atoms with Gasteiger partial charge < -0.3 is 4.98 Å². The Kier molecular flexibility index (Phi) is 3.93. The van der Waals surface area contributed by atoms with Crippen LogP contribution in [0.4, 0.5) is 0 Å². The fourth-order valence-electron chi connectivity index (χ4n) is 3.57. The summed E-state index contributed by atoms with van der Waals surface area (Å²) in [6, 6.07) is 14.3. The van der Waals surface area contributed by atoms with Crippen LogP contribution in [0.15, 0.2) is 59.9 Å². The van der Waals surface area contributed by atoms with Crippen LogP contribution in [0.5, 0.6) is 0 Å². The minimum absolute atomic E-state index is 0.761. The first-order valence-corrected chi connectivity index (χ1v) is 8.42. The predicted octanol–water partition coefficient (Wildman–Crippen LogP) is 4.39. The molecule has 5 rings (SSSR count). The third kappa shape index (κ3) is 2.91. The highest BCUT2D eigenvalue weighted by Gasteiger charge is 2.27. The smallest absolute Gasteiger partial charge is 0.0701 e. The van der Waals surface area contributed by atoms with E-state index in [1.54, 1.807) is 0 Å². The van der Waals surface area contributed by atoms with Crippen molar-refractivity contribution in [2.45, 2.75) is 25.7 Å². The van der Waals surface area contributed by atoms with E-state index in [1.807, 2.05) is 36.7 Å². The number of fused-ring (bicyclic) bond motifs is 4. The van der Waals surface area contributed by atoms with E-state index >= 15 is 0 Å². The molecular weight excluding hydrogens is 282 g/mol. The summed E-state index contributed by atoms with van der Waals surface area (Å²) in [6.45, 7) is 1.04. The van der Waals surface area contributed by atoms with Crippen LogP contribution in [-0.4, -0.2) is 22.2 Å². The van der Waals surface area contributed by atoms with Crippen LogP contribution in [-0.2, 0) is 6.42 Å². The molecule has 1 unspecified atom stereocenters. The molecule has 3 nitrogen and oxygen atoms in total. The van der Waals surface area contributed by atoms with Gasteiger partial charge in [-0.25, -0.2) is 0 Å². The lowest BCUT2D eigenvalue weighted by molar-refractivity contribution is 0.519. The number of nitrogens with one attached hydrogen (secondary N) is 1. The Morgan fingerprint density at radius 3 is 2.87 bits per heavy atom. The number of aryl methyl sites for hydroxylation is 1. The lowest BCUT2D eigenvalue weighted by Crippen LogP contribution is -2.26. The van der Waals surface area contributed by atoms with Gasteiger partial charge in [0, 0.05) is 47.2 Å². The van der Waals surface area contributed by atoms with Crippen molar-refractivity contribution in [1.29, 1.82) is 0 Å². The van der Waals surface area contributed by atoms with Gasteiger partial charge >= 0.3 is 0 Å². The largest absolute Gasteiger partial charge is 0.364 e. The Morgan fingerprint density at radius 1 is 1.00 bits per heavy atom. The van der Waals surface area contributed by atoms with Gasteiger partial charge in [-0.15, -0.1) is 0 Å². The molecule has 1 atom stereocenters. The van der Waals surface area contributed by atoms with Crippen molar-refractivity contribution < 1.29 is 0 Å². The van der Waals surface area contributed by atoms with Crippen molar-refractivity contribution in [3.63, 3.8) is 0 Å². The predicted molar refractivity (Wildman–Crippen MR) is 95.0 cm³/mol. The summed E-state index contributed by atoms with van der Waals surface area (Å²) < 4.78 is 0. The maximum Gasteiger partial charge on any atom is 0.0701 e. The van der Waals surface area contributed by atoms with E-state index in [2.05, 4.69) is 33.2 Å². The minimum atomic E-state index is 0.761. The quantitative estimate of drug-likeness (QED) is 0.657. The SMILES string of the molecule is c1cc2c([nH]1)CCC1CCCN=C21.c1ccc2ncccc2c1. The third-order valence-corrected chi connectivity index (χ3v) is 4.74. The second-order valence-corrected chi connectivity index (χ2v) is 6.21. The third-order valence-electron chi connectivity index (χ3n) is 4.74. The molecule has 1 aromatic carbocycles. The van der Waals surface area contributed by atoms with E-state index in [0.29, 0.717) is 0 Å². The van der Waals surface area contributed by atoms with Gasteiger partial charge in [-0.05, 0) is 43.9 Å². The van der Waals surface area contributed by atoms with Crippen molar-refractivity contribution in [3.05, 3.63) is 66.1 Å². The number of nitrogens with zero attached hydrogens (tertiary/aromatic N) is 2. The maximum atomic E-state index is 4.66. The fraction of sp³-hybridized carbons (Fsp3) is 0.300. The lowest BCUT2D eigenvalue weighted by atomic mass is 9.81. The highest BCUT2D eigenvalue weighted by molar-refractivity contribution is 6.04. The first-order valence-electron chi connectivity index (χ1n) is 8.42. The molecule has 2 aromatic heterocycles. The standard InChI is InChI=1S/C11H14N2.C9H7N/c1-2-8-3-4-10-9(5-7-12-10)11(8)13-6-1;1-2-6-9-8(4-1)5-3-7-10-9/h5,7-8,12H,1-4,6H2;1-7H. The van der Waals surface area contributed by atoms with Crippen LogP contribution >= 0.6 is 0 Å². The summed E-state index contributed by atoms with van der Waals surface area (Å²) in [7, 11) is 0. The first-order chi connectivity index (χ1) is 11.4. The topological polar surface area (TPSA) is 41.0 Å². The molecule has 0 saturated heterocycles. The molecule has 116 valence electrons. The van der Waals surface area contributed by atoms with Crippen molar-refractivity contribution >= 4 is 16.6 Å². The lowest BCUT2D eigenvalue weighted by Gasteiger charge is -2.27. The van der Waals surface area contributed by atoms with E-state index in [4.69, 9.17) is 0 Å². The van der Waals surface area contributed by atoms with Gasteiger partial charge in [-0.3, -0.25) is 9.98 Å². The maximum absolute atomic E-state index is 4.66. The second kappa shape index (κ2) is 6.37. The number of hydrogen-bond acceptors (Lipinski definition) is 2. The average molecular weight is 303 g/mol. The zero-order chi connectivity index (χ0) is 15.5. The number of benzene rings is 1. The van der Waals surface area contributed by atoms with Crippen molar-refractivity contribution in [2.24, 2.45) is 10.9 Å². The van der Waals surface area contributed by atoms with Crippen LogP contribution in [0.2, 0.25) is 0 Å². The first kappa shape index (κ1) is 14.2. The Balaban J connectivity index is 0.000000122. The molecule has 0 radical (unpaired) electrons.